The predicted octanol–water partition coefficient (Wildman–Crippen LogP) is 0.158. The number of rotatable bonds is 0. The first kappa shape index (κ1) is 8.13. The Morgan fingerprint density at radius 3 is 2.33 bits per heavy atom. The Bertz CT molecular complexity index is 142. The van der Waals surface area contributed by atoms with Crippen LogP contribution in [-0.4, -0.2) is 9.97 Å². The lowest BCUT2D eigenvalue weighted by molar-refractivity contribution is 1.18. The third-order valence-electron chi connectivity index (χ3n) is 0.605. The van der Waals surface area contributed by atoms with E-state index in [-0.39, 0.29) is 0 Å². The zero-order valence-corrected chi connectivity index (χ0v) is 5.42. The Hall–Kier alpha value is -0.870. The molecule has 0 radical (unpaired) electrons. The summed E-state index contributed by atoms with van der Waals surface area (Å²) in [5.41, 5.74) is 5.21. The standard InChI is InChI=1S/C4H5N3.ClH2N/c5-4-1-2-6-3-7-4;1-2/h1-3H,(H2,5,6,7);2H2. The minimum Gasteiger partial charge on any atom is -0.384 e. The van der Waals surface area contributed by atoms with Crippen LogP contribution in [0.15, 0.2) is 18.6 Å². The molecule has 1 heterocycles. The van der Waals surface area contributed by atoms with E-state index in [4.69, 9.17) is 5.73 Å². The van der Waals surface area contributed by atoms with E-state index in [0.717, 1.165) is 0 Å². The minimum atomic E-state index is 0.509. The Morgan fingerprint density at radius 2 is 2.11 bits per heavy atom. The number of halogens is 1. The van der Waals surface area contributed by atoms with Crippen LogP contribution in [0.2, 0.25) is 0 Å². The molecule has 0 amide bonds. The first-order valence-corrected chi connectivity index (χ1v) is 2.56. The van der Waals surface area contributed by atoms with Gasteiger partial charge in [0.25, 0.3) is 0 Å². The maximum atomic E-state index is 5.21. The minimum absolute atomic E-state index is 0.509. The molecule has 0 aliphatic rings. The number of aromatic nitrogens is 2. The van der Waals surface area contributed by atoms with Crippen LogP contribution < -0.4 is 11.0 Å². The second kappa shape index (κ2) is 5.27. The molecule has 0 aliphatic heterocycles. The third kappa shape index (κ3) is 3.69. The molecule has 4 N–H and O–H groups in total. The fourth-order valence-corrected chi connectivity index (χ4v) is 0.301. The normalized spacial score (nSPS) is 7.33. The van der Waals surface area contributed by atoms with Crippen LogP contribution in [0.1, 0.15) is 0 Å². The molecule has 0 bridgehead atoms. The first-order valence-electron chi connectivity index (χ1n) is 2.13. The van der Waals surface area contributed by atoms with E-state index in [0.29, 0.717) is 5.82 Å². The number of nitrogens with two attached hydrogens (primary N) is 2. The Kier molecular flexibility index (Phi) is 4.76. The van der Waals surface area contributed by atoms with Gasteiger partial charge >= 0.3 is 0 Å². The lowest BCUT2D eigenvalue weighted by atomic mass is 10.6. The summed E-state index contributed by atoms with van der Waals surface area (Å²) < 4.78 is 0. The van der Waals surface area contributed by atoms with Gasteiger partial charge in [0.1, 0.15) is 12.1 Å². The molecule has 4 nitrogen and oxygen atoms in total. The van der Waals surface area contributed by atoms with Gasteiger partial charge in [-0.25, -0.2) is 15.2 Å². The van der Waals surface area contributed by atoms with Gasteiger partial charge in [-0.3, -0.25) is 0 Å². The lowest BCUT2D eigenvalue weighted by Gasteiger charge is -1.82. The van der Waals surface area contributed by atoms with E-state index < -0.39 is 0 Å². The largest absolute Gasteiger partial charge is 0.384 e. The van der Waals surface area contributed by atoms with Crippen molar-refractivity contribution < 1.29 is 0 Å². The Labute approximate surface area is 58.0 Å². The molecule has 1 rings (SSSR count). The molecule has 5 heteroatoms. The highest BCUT2D eigenvalue weighted by Crippen LogP contribution is 1.85. The number of anilines is 1. The molecule has 0 fully saturated rings. The molecule has 0 saturated carbocycles. The molecule has 50 valence electrons. The van der Waals surface area contributed by atoms with Crippen LogP contribution in [0.25, 0.3) is 0 Å². The van der Waals surface area contributed by atoms with Gasteiger partial charge in [-0.05, 0) is 17.8 Å². The lowest BCUT2D eigenvalue weighted by Crippen LogP contribution is -1.87. The number of hydrogen-bond donors (Lipinski definition) is 2. The van der Waals surface area contributed by atoms with Gasteiger partial charge in [0.15, 0.2) is 0 Å². The summed E-state index contributed by atoms with van der Waals surface area (Å²) in [4.78, 5) is 7.30. The van der Waals surface area contributed by atoms with Gasteiger partial charge in [0.2, 0.25) is 0 Å². The molecule has 1 aromatic heterocycles. The monoisotopic (exact) mass is 146 g/mol. The van der Waals surface area contributed by atoms with Gasteiger partial charge in [-0.1, -0.05) is 0 Å². The summed E-state index contributed by atoms with van der Waals surface area (Å²) in [6.45, 7) is 0. The molecule has 0 atom stereocenters. The number of nitrogens with zero attached hydrogens (tertiary/aromatic N) is 2. The molecular formula is C4H7ClN4. The van der Waals surface area contributed by atoms with Gasteiger partial charge in [0, 0.05) is 6.20 Å². The van der Waals surface area contributed by atoms with E-state index in [1.807, 2.05) is 0 Å². The number of nitrogen functional groups attached to an aromatic ring is 1. The summed E-state index contributed by atoms with van der Waals surface area (Å²) in [5.74, 6) is 0.509. The maximum absolute atomic E-state index is 5.21. The van der Waals surface area contributed by atoms with Crippen LogP contribution in [0, 0.1) is 0 Å². The molecule has 0 spiro atoms. The Morgan fingerprint density at radius 1 is 1.44 bits per heavy atom. The number of hydrogen-bond acceptors (Lipinski definition) is 4. The van der Waals surface area contributed by atoms with E-state index in [9.17, 15) is 0 Å². The molecule has 0 aromatic carbocycles. The van der Waals surface area contributed by atoms with Gasteiger partial charge in [0.05, 0.1) is 0 Å². The highest BCUT2D eigenvalue weighted by Gasteiger charge is 1.74. The quantitative estimate of drug-likeness (QED) is 0.511. The van der Waals surface area contributed by atoms with Crippen molar-refractivity contribution in [1.82, 2.24) is 9.97 Å². The zero-order valence-electron chi connectivity index (χ0n) is 4.66. The Balaban J connectivity index is 0.000000291. The van der Waals surface area contributed by atoms with Gasteiger partial charge in [-0.2, -0.15) is 0 Å². The predicted molar refractivity (Wildman–Crippen MR) is 36.5 cm³/mol. The van der Waals surface area contributed by atoms with Gasteiger partial charge in [-0.15, -0.1) is 0 Å². The topological polar surface area (TPSA) is 77.8 Å². The average Bonchev–Trinajstić information content (AvgIpc) is 1.94. The summed E-state index contributed by atoms with van der Waals surface area (Å²) in [5, 5.41) is 3.97. The van der Waals surface area contributed by atoms with Crippen LogP contribution in [0.3, 0.4) is 0 Å². The van der Waals surface area contributed by atoms with Crippen LogP contribution in [0.5, 0.6) is 0 Å². The van der Waals surface area contributed by atoms with Crippen molar-refractivity contribution in [3.63, 3.8) is 0 Å². The van der Waals surface area contributed by atoms with Crippen molar-refractivity contribution in [3.8, 4) is 0 Å². The van der Waals surface area contributed by atoms with E-state index in [1.165, 1.54) is 6.33 Å². The highest BCUT2D eigenvalue weighted by atomic mass is 35.5. The van der Waals surface area contributed by atoms with E-state index in [1.54, 1.807) is 12.3 Å². The van der Waals surface area contributed by atoms with Crippen molar-refractivity contribution >= 4 is 17.6 Å². The third-order valence-corrected chi connectivity index (χ3v) is 0.605. The van der Waals surface area contributed by atoms with Crippen LogP contribution >= 0.6 is 11.8 Å². The van der Waals surface area contributed by atoms with Gasteiger partial charge < -0.3 is 5.73 Å². The van der Waals surface area contributed by atoms with E-state index in [2.05, 4.69) is 27.0 Å². The second-order valence-electron chi connectivity index (χ2n) is 1.13. The molecular weight excluding hydrogens is 140 g/mol. The molecule has 0 saturated heterocycles. The van der Waals surface area contributed by atoms with Crippen LogP contribution in [0.4, 0.5) is 5.82 Å². The van der Waals surface area contributed by atoms with Crippen molar-refractivity contribution in [2.24, 2.45) is 5.25 Å². The fraction of sp³-hybridized carbons (Fsp3) is 0. The molecule has 1 aromatic rings. The van der Waals surface area contributed by atoms with Crippen molar-refractivity contribution in [3.05, 3.63) is 18.6 Å². The molecule has 0 aliphatic carbocycles. The van der Waals surface area contributed by atoms with Crippen LogP contribution in [-0.2, 0) is 0 Å². The maximum Gasteiger partial charge on any atom is 0.126 e. The fourth-order valence-electron chi connectivity index (χ4n) is 0.301. The van der Waals surface area contributed by atoms with Crippen molar-refractivity contribution in [2.45, 2.75) is 0 Å². The molecule has 0 unspecified atom stereocenters. The average molecular weight is 147 g/mol. The van der Waals surface area contributed by atoms with Crippen molar-refractivity contribution in [2.75, 3.05) is 5.73 Å². The van der Waals surface area contributed by atoms with Crippen molar-refractivity contribution in [1.29, 1.82) is 0 Å². The first-order chi connectivity index (χ1) is 4.39. The summed E-state index contributed by atoms with van der Waals surface area (Å²) in [7, 11) is 0. The van der Waals surface area contributed by atoms with E-state index >= 15 is 0 Å². The summed E-state index contributed by atoms with van der Waals surface area (Å²) in [6, 6.07) is 1.64. The highest BCUT2D eigenvalue weighted by molar-refractivity contribution is 6.11. The SMILES string of the molecule is NCl.Nc1ccncn1. The second-order valence-corrected chi connectivity index (χ2v) is 1.13. The summed E-state index contributed by atoms with van der Waals surface area (Å²) in [6.07, 6.45) is 3.01. The summed E-state index contributed by atoms with van der Waals surface area (Å²) >= 11 is 4.14. The smallest absolute Gasteiger partial charge is 0.126 e. The zero-order chi connectivity index (χ0) is 7.11. The molecule has 9 heavy (non-hydrogen) atoms.